The molecule has 1 aromatic rings. The summed E-state index contributed by atoms with van der Waals surface area (Å²) in [5.74, 6) is -0.0233. The van der Waals surface area contributed by atoms with Gasteiger partial charge in [-0.15, -0.1) is 0 Å². The predicted molar refractivity (Wildman–Crippen MR) is 87.6 cm³/mol. The Morgan fingerprint density at radius 3 is 2.52 bits per heavy atom. The number of benzene rings is 1. The minimum Gasteiger partial charge on any atom is -0.349 e. The number of nitrogens with one attached hydrogen (secondary N) is 1. The number of hydrogen-bond acceptors (Lipinski definition) is 2. The number of halogens is 1. The van der Waals surface area contributed by atoms with Crippen LogP contribution in [-0.4, -0.2) is 36.0 Å². The first-order valence-electron chi connectivity index (χ1n) is 8.89. The highest BCUT2D eigenvalue weighted by Gasteiger charge is 2.54. The fourth-order valence-electron chi connectivity index (χ4n) is 3.89. The molecule has 0 unspecified atom stereocenters. The van der Waals surface area contributed by atoms with E-state index in [0.29, 0.717) is 6.42 Å². The molecular weight excluding hydrogens is 291 g/mol. The Bertz CT molecular complexity index is 601. The van der Waals surface area contributed by atoms with E-state index < -0.39 is 0 Å². The van der Waals surface area contributed by atoms with Crippen LogP contribution < -0.4 is 5.32 Å². The molecule has 1 amide bonds. The number of carbonyl (C=O) groups excluding carboxylic acids is 1. The summed E-state index contributed by atoms with van der Waals surface area (Å²) >= 11 is 0. The van der Waals surface area contributed by atoms with Crippen LogP contribution in [-0.2, 0) is 11.2 Å². The van der Waals surface area contributed by atoms with Crippen molar-refractivity contribution in [2.24, 2.45) is 5.41 Å². The highest BCUT2D eigenvalue weighted by molar-refractivity contribution is 5.86. The minimum atomic E-state index is -0.283. The monoisotopic (exact) mass is 316 g/mol. The fraction of sp³-hybridized carbons (Fsp3) is 0.632. The highest BCUT2D eigenvalue weighted by atomic mass is 19.1. The van der Waals surface area contributed by atoms with Gasteiger partial charge in [-0.1, -0.05) is 12.1 Å². The van der Waals surface area contributed by atoms with Gasteiger partial charge in [0.05, 0.1) is 11.0 Å². The number of carbonyl (C=O) groups is 1. The Morgan fingerprint density at radius 2 is 1.91 bits per heavy atom. The Morgan fingerprint density at radius 1 is 1.17 bits per heavy atom. The molecular formula is C19H25FN2O. The first kappa shape index (κ1) is 15.1. The lowest BCUT2D eigenvalue weighted by molar-refractivity contribution is -0.127. The van der Waals surface area contributed by atoms with Crippen LogP contribution >= 0.6 is 0 Å². The average molecular weight is 316 g/mol. The second-order valence-electron chi connectivity index (χ2n) is 7.80. The molecule has 1 aliphatic heterocycles. The van der Waals surface area contributed by atoms with Crippen LogP contribution in [0.25, 0.3) is 0 Å². The molecule has 0 aromatic heterocycles. The Balaban J connectivity index is 1.38. The molecule has 124 valence electrons. The summed E-state index contributed by atoms with van der Waals surface area (Å²) in [6.07, 6.45) is 7.29. The fourth-order valence-corrected chi connectivity index (χ4v) is 3.89. The summed E-state index contributed by atoms with van der Waals surface area (Å²) in [6.45, 7) is 3.35. The molecule has 4 heteroatoms. The van der Waals surface area contributed by atoms with Crippen molar-refractivity contribution < 1.29 is 9.18 Å². The van der Waals surface area contributed by atoms with E-state index >= 15 is 0 Å². The van der Waals surface area contributed by atoms with Gasteiger partial charge in [-0.2, -0.15) is 0 Å². The number of amides is 1. The van der Waals surface area contributed by atoms with Crippen molar-refractivity contribution in [3.05, 3.63) is 35.6 Å². The van der Waals surface area contributed by atoms with E-state index in [1.165, 1.54) is 32.0 Å². The molecule has 1 heterocycles. The summed E-state index contributed by atoms with van der Waals surface area (Å²) in [4.78, 5) is 15.3. The van der Waals surface area contributed by atoms with Crippen LogP contribution in [0.4, 0.5) is 4.39 Å². The molecule has 1 saturated heterocycles. The molecule has 0 radical (unpaired) electrons. The SMILES string of the molecule is O=C(NC1(CN2CCCC2)CC1)C1(Cc2cccc(F)c2)CC1. The maximum atomic E-state index is 13.4. The van der Waals surface area contributed by atoms with Crippen LogP contribution in [0.1, 0.15) is 44.1 Å². The van der Waals surface area contributed by atoms with Gasteiger partial charge in [-0.05, 0) is 75.7 Å². The second-order valence-corrected chi connectivity index (χ2v) is 7.80. The van der Waals surface area contributed by atoms with Crippen LogP contribution in [0.3, 0.4) is 0 Å². The van der Waals surface area contributed by atoms with Crippen molar-refractivity contribution in [2.45, 2.75) is 50.5 Å². The molecule has 3 fully saturated rings. The quantitative estimate of drug-likeness (QED) is 0.875. The minimum absolute atomic E-state index is 0.0267. The molecule has 1 N–H and O–H groups in total. The van der Waals surface area contributed by atoms with Crippen molar-refractivity contribution in [3.8, 4) is 0 Å². The molecule has 3 aliphatic rings. The number of hydrogen-bond donors (Lipinski definition) is 1. The van der Waals surface area contributed by atoms with Gasteiger partial charge in [-0.25, -0.2) is 4.39 Å². The zero-order chi connectivity index (χ0) is 15.9. The molecule has 2 aliphatic carbocycles. The number of likely N-dealkylation sites (tertiary alicyclic amines) is 1. The van der Waals surface area contributed by atoms with Gasteiger partial charge in [0.15, 0.2) is 0 Å². The van der Waals surface area contributed by atoms with E-state index in [9.17, 15) is 9.18 Å². The van der Waals surface area contributed by atoms with E-state index in [2.05, 4.69) is 10.2 Å². The van der Waals surface area contributed by atoms with Gasteiger partial charge in [0.1, 0.15) is 5.82 Å². The van der Waals surface area contributed by atoms with E-state index in [-0.39, 0.29) is 22.7 Å². The Labute approximate surface area is 137 Å². The second kappa shape index (κ2) is 5.59. The third-order valence-corrected chi connectivity index (χ3v) is 5.72. The Kier molecular flexibility index (Phi) is 3.67. The van der Waals surface area contributed by atoms with Crippen LogP contribution in [0.5, 0.6) is 0 Å². The van der Waals surface area contributed by atoms with Crippen LogP contribution in [0.2, 0.25) is 0 Å². The van der Waals surface area contributed by atoms with Gasteiger partial charge in [0.25, 0.3) is 0 Å². The maximum absolute atomic E-state index is 13.4. The van der Waals surface area contributed by atoms with Crippen molar-refractivity contribution in [1.29, 1.82) is 0 Å². The molecule has 0 bridgehead atoms. The smallest absolute Gasteiger partial charge is 0.227 e. The van der Waals surface area contributed by atoms with Gasteiger partial charge in [0, 0.05) is 6.54 Å². The number of nitrogens with zero attached hydrogens (tertiary/aromatic N) is 1. The van der Waals surface area contributed by atoms with Crippen LogP contribution in [0.15, 0.2) is 24.3 Å². The predicted octanol–water partition coefficient (Wildman–Crippen LogP) is 2.89. The van der Waals surface area contributed by atoms with E-state index in [4.69, 9.17) is 0 Å². The topological polar surface area (TPSA) is 32.3 Å². The standard InChI is InChI=1S/C19H25FN2O/c20-16-5-3-4-15(12-16)13-18(6-7-18)17(23)21-19(8-9-19)14-22-10-1-2-11-22/h3-5,12H,1-2,6-11,13-14H2,(H,21,23). The summed E-state index contributed by atoms with van der Waals surface area (Å²) in [7, 11) is 0. The van der Waals surface area contributed by atoms with Gasteiger partial charge in [-0.3, -0.25) is 4.79 Å². The van der Waals surface area contributed by atoms with Crippen molar-refractivity contribution in [3.63, 3.8) is 0 Å². The zero-order valence-electron chi connectivity index (χ0n) is 13.6. The lowest BCUT2D eigenvalue weighted by Gasteiger charge is -2.26. The van der Waals surface area contributed by atoms with Crippen LogP contribution in [0, 0.1) is 11.2 Å². The zero-order valence-corrected chi connectivity index (χ0v) is 13.6. The van der Waals surface area contributed by atoms with Gasteiger partial charge < -0.3 is 10.2 Å². The van der Waals surface area contributed by atoms with Crippen molar-refractivity contribution >= 4 is 5.91 Å². The maximum Gasteiger partial charge on any atom is 0.227 e. The highest BCUT2D eigenvalue weighted by Crippen LogP contribution is 2.50. The first-order valence-corrected chi connectivity index (χ1v) is 8.89. The average Bonchev–Trinajstić information content (AvgIpc) is 3.40. The molecule has 3 nitrogen and oxygen atoms in total. The van der Waals surface area contributed by atoms with Crippen molar-refractivity contribution in [1.82, 2.24) is 10.2 Å². The number of rotatable bonds is 6. The van der Waals surface area contributed by atoms with E-state index in [1.807, 2.05) is 6.07 Å². The summed E-state index contributed by atoms with van der Waals surface area (Å²) < 4.78 is 13.4. The van der Waals surface area contributed by atoms with Gasteiger partial charge >= 0.3 is 0 Å². The molecule has 23 heavy (non-hydrogen) atoms. The molecule has 2 saturated carbocycles. The normalized spacial score (nSPS) is 24.4. The third kappa shape index (κ3) is 3.27. The summed E-state index contributed by atoms with van der Waals surface area (Å²) in [5.41, 5.74) is 0.676. The van der Waals surface area contributed by atoms with E-state index in [1.54, 1.807) is 12.1 Å². The lowest BCUT2D eigenvalue weighted by Crippen LogP contribution is -2.48. The molecule has 1 aromatic carbocycles. The third-order valence-electron chi connectivity index (χ3n) is 5.72. The van der Waals surface area contributed by atoms with Gasteiger partial charge in [0.2, 0.25) is 5.91 Å². The van der Waals surface area contributed by atoms with E-state index in [0.717, 1.165) is 37.8 Å². The summed E-state index contributed by atoms with van der Waals surface area (Å²) in [5, 5.41) is 3.36. The lowest BCUT2D eigenvalue weighted by atomic mass is 9.95. The molecule has 4 rings (SSSR count). The summed E-state index contributed by atoms with van der Waals surface area (Å²) in [6, 6.07) is 6.67. The first-order chi connectivity index (χ1) is 11.1. The molecule has 0 spiro atoms. The Hall–Kier alpha value is -1.42. The van der Waals surface area contributed by atoms with Crippen molar-refractivity contribution in [2.75, 3.05) is 19.6 Å². The molecule has 0 atom stereocenters. The largest absolute Gasteiger partial charge is 0.349 e.